The first kappa shape index (κ1) is 17.9. The molecule has 120 valence electrons. The van der Waals surface area contributed by atoms with Crippen molar-refractivity contribution in [2.24, 2.45) is 0 Å². The van der Waals surface area contributed by atoms with Crippen LogP contribution < -0.4 is 5.32 Å². The summed E-state index contributed by atoms with van der Waals surface area (Å²) in [4.78, 5) is 2.52. The number of nitrogens with one attached hydrogen (secondary N) is 1. The molecule has 5 nitrogen and oxygen atoms in total. The highest BCUT2D eigenvalue weighted by Gasteiger charge is 2.18. The van der Waals surface area contributed by atoms with Gasteiger partial charge < -0.3 is 24.8 Å². The van der Waals surface area contributed by atoms with Gasteiger partial charge in [0.05, 0.1) is 25.9 Å². The number of aliphatic hydroxyl groups excluding tert-OH is 1. The van der Waals surface area contributed by atoms with E-state index in [1.165, 1.54) is 38.9 Å². The molecule has 0 saturated carbocycles. The summed E-state index contributed by atoms with van der Waals surface area (Å²) in [7, 11) is 0. The number of hydrogen-bond acceptors (Lipinski definition) is 5. The third-order valence-corrected chi connectivity index (χ3v) is 3.66. The molecule has 1 aliphatic rings. The minimum absolute atomic E-state index is 0.384. The van der Waals surface area contributed by atoms with Gasteiger partial charge in [0, 0.05) is 19.2 Å². The molecule has 0 radical (unpaired) electrons. The number of aliphatic hydroxyl groups is 1. The van der Waals surface area contributed by atoms with Gasteiger partial charge in [-0.3, -0.25) is 0 Å². The Morgan fingerprint density at radius 1 is 1.20 bits per heavy atom. The lowest BCUT2D eigenvalue weighted by atomic mass is 10.0. The fraction of sp³-hybridized carbons (Fsp3) is 1.00. The number of ether oxygens (including phenoxy) is 2. The smallest absolute Gasteiger partial charge is 0.0897 e. The van der Waals surface area contributed by atoms with E-state index in [4.69, 9.17) is 9.47 Å². The van der Waals surface area contributed by atoms with E-state index in [9.17, 15) is 5.11 Å². The molecule has 0 amide bonds. The van der Waals surface area contributed by atoms with Crippen LogP contribution in [0.5, 0.6) is 0 Å². The molecule has 20 heavy (non-hydrogen) atoms. The topological polar surface area (TPSA) is 54.0 Å². The minimum atomic E-state index is -0.426. The number of likely N-dealkylation sites (tertiary alicyclic amines) is 1. The van der Waals surface area contributed by atoms with E-state index in [1.54, 1.807) is 0 Å². The Hall–Kier alpha value is -0.200. The van der Waals surface area contributed by atoms with Crippen molar-refractivity contribution >= 4 is 0 Å². The predicted octanol–water partition coefficient (Wildman–Crippen LogP) is 0.864. The zero-order valence-electron chi connectivity index (χ0n) is 13.1. The fourth-order valence-electron chi connectivity index (χ4n) is 2.52. The van der Waals surface area contributed by atoms with Crippen LogP contribution in [0.2, 0.25) is 0 Å². The molecule has 1 unspecified atom stereocenters. The van der Waals surface area contributed by atoms with Crippen molar-refractivity contribution in [1.29, 1.82) is 0 Å². The third-order valence-electron chi connectivity index (χ3n) is 3.66. The standard InChI is InChI=1S/C15H32N2O3/c1-3-7-17-8-5-14(6-9-17)16-12-15(18)13-20-11-10-19-4-2/h14-16,18H,3-13H2,1-2H3. The molecule has 0 aromatic carbocycles. The summed E-state index contributed by atoms with van der Waals surface area (Å²) >= 11 is 0. The molecule has 1 rings (SSSR count). The molecule has 0 aromatic heterocycles. The van der Waals surface area contributed by atoms with Gasteiger partial charge >= 0.3 is 0 Å². The van der Waals surface area contributed by atoms with Gasteiger partial charge in [-0.2, -0.15) is 0 Å². The predicted molar refractivity (Wildman–Crippen MR) is 81.1 cm³/mol. The highest BCUT2D eigenvalue weighted by molar-refractivity contribution is 4.77. The molecular weight excluding hydrogens is 256 g/mol. The van der Waals surface area contributed by atoms with E-state index >= 15 is 0 Å². The molecule has 0 spiro atoms. The molecule has 1 saturated heterocycles. The van der Waals surface area contributed by atoms with Crippen LogP contribution in [0.15, 0.2) is 0 Å². The van der Waals surface area contributed by atoms with Gasteiger partial charge in [0.2, 0.25) is 0 Å². The Labute approximate surface area is 123 Å². The van der Waals surface area contributed by atoms with E-state index in [1.807, 2.05) is 6.92 Å². The first-order valence-electron chi connectivity index (χ1n) is 8.05. The number of piperidine rings is 1. The van der Waals surface area contributed by atoms with E-state index in [2.05, 4.69) is 17.1 Å². The third kappa shape index (κ3) is 8.17. The number of hydrogen-bond donors (Lipinski definition) is 2. The van der Waals surface area contributed by atoms with Crippen LogP contribution >= 0.6 is 0 Å². The van der Waals surface area contributed by atoms with Crippen molar-refractivity contribution in [3.05, 3.63) is 0 Å². The molecule has 1 atom stereocenters. The minimum Gasteiger partial charge on any atom is -0.389 e. The van der Waals surface area contributed by atoms with Crippen LogP contribution in [0.3, 0.4) is 0 Å². The molecular formula is C15H32N2O3. The number of rotatable bonds is 11. The second-order valence-electron chi connectivity index (χ2n) is 5.45. The van der Waals surface area contributed by atoms with Gasteiger partial charge in [0.25, 0.3) is 0 Å². The van der Waals surface area contributed by atoms with Crippen LogP contribution in [0.4, 0.5) is 0 Å². The van der Waals surface area contributed by atoms with Gasteiger partial charge in [0.1, 0.15) is 0 Å². The lowest BCUT2D eigenvalue weighted by molar-refractivity contribution is 0.00506. The van der Waals surface area contributed by atoms with E-state index in [0.29, 0.717) is 39.0 Å². The van der Waals surface area contributed by atoms with Crippen molar-refractivity contribution in [3.8, 4) is 0 Å². The Morgan fingerprint density at radius 3 is 2.55 bits per heavy atom. The van der Waals surface area contributed by atoms with Gasteiger partial charge in [-0.1, -0.05) is 6.92 Å². The monoisotopic (exact) mass is 288 g/mol. The fourth-order valence-corrected chi connectivity index (χ4v) is 2.52. The van der Waals surface area contributed by atoms with Gasteiger partial charge in [0.15, 0.2) is 0 Å². The van der Waals surface area contributed by atoms with Crippen LogP contribution in [0, 0.1) is 0 Å². The molecule has 0 bridgehead atoms. The summed E-state index contributed by atoms with van der Waals surface area (Å²) in [5.41, 5.74) is 0. The maximum absolute atomic E-state index is 9.83. The van der Waals surface area contributed by atoms with E-state index in [0.717, 1.165) is 0 Å². The average Bonchev–Trinajstić information content (AvgIpc) is 2.47. The zero-order chi connectivity index (χ0) is 14.6. The number of nitrogens with zero attached hydrogens (tertiary/aromatic N) is 1. The molecule has 1 aliphatic heterocycles. The normalized spacial score (nSPS) is 19.4. The molecule has 5 heteroatoms. The Kier molecular flexibility index (Phi) is 10.2. The van der Waals surface area contributed by atoms with Gasteiger partial charge in [-0.15, -0.1) is 0 Å². The van der Waals surface area contributed by atoms with E-state index < -0.39 is 6.10 Å². The van der Waals surface area contributed by atoms with Crippen molar-refractivity contribution < 1.29 is 14.6 Å². The first-order chi connectivity index (χ1) is 9.76. The molecule has 0 aliphatic carbocycles. The summed E-state index contributed by atoms with van der Waals surface area (Å²) < 4.78 is 10.5. The van der Waals surface area contributed by atoms with Crippen molar-refractivity contribution in [2.45, 2.75) is 45.3 Å². The Bertz CT molecular complexity index is 221. The lowest BCUT2D eigenvalue weighted by Gasteiger charge is -2.32. The molecule has 1 fully saturated rings. The maximum Gasteiger partial charge on any atom is 0.0897 e. The van der Waals surface area contributed by atoms with Crippen LogP contribution in [0.1, 0.15) is 33.1 Å². The van der Waals surface area contributed by atoms with E-state index in [-0.39, 0.29) is 0 Å². The first-order valence-corrected chi connectivity index (χ1v) is 8.05. The zero-order valence-corrected chi connectivity index (χ0v) is 13.1. The van der Waals surface area contributed by atoms with Crippen molar-refractivity contribution in [3.63, 3.8) is 0 Å². The maximum atomic E-state index is 9.83. The average molecular weight is 288 g/mol. The summed E-state index contributed by atoms with van der Waals surface area (Å²) in [5, 5.41) is 13.3. The Morgan fingerprint density at radius 2 is 1.90 bits per heavy atom. The van der Waals surface area contributed by atoms with Crippen molar-refractivity contribution in [2.75, 3.05) is 52.6 Å². The summed E-state index contributed by atoms with van der Waals surface area (Å²) in [6.45, 7) is 10.6. The highest BCUT2D eigenvalue weighted by Crippen LogP contribution is 2.10. The molecule has 0 aromatic rings. The van der Waals surface area contributed by atoms with Gasteiger partial charge in [-0.25, -0.2) is 0 Å². The van der Waals surface area contributed by atoms with Crippen LogP contribution in [-0.4, -0.2) is 74.8 Å². The lowest BCUT2D eigenvalue weighted by Crippen LogP contribution is -2.45. The van der Waals surface area contributed by atoms with Crippen LogP contribution in [0.25, 0.3) is 0 Å². The molecule has 2 N–H and O–H groups in total. The second kappa shape index (κ2) is 11.5. The summed E-state index contributed by atoms with van der Waals surface area (Å²) in [6, 6.07) is 0.543. The Balaban J connectivity index is 1.97. The highest BCUT2D eigenvalue weighted by atomic mass is 16.5. The second-order valence-corrected chi connectivity index (χ2v) is 5.45. The molecule has 1 heterocycles. The van der Waals surface area contributed by atoms with Crippen molar-refractivity contribution in [1.82, 2.24) is 10.2 Å². The summed E-state index contributed by atoms with van der Waals surface area (Å²) in [6.07, 6.45) is 3.16. The van der Waals surface area contributed by atoms with Gasteiger partial charge in [-0.05, 0) is 45.8 Å². The quantitative estimate of drug-likeness (QED) is 0.552. The SMILES string of the molecule is CCCN1CCC(NCC(O)COCCOCC)CC1. The summed E-state index contributed by atoms with van der Waals surface area (Å²) in [5.74, 6) is 0. The van der Waals surface area contributed by atoms with Crippen LogP contribution in [-0.2, 0) is 9.47 Å². The largest absolute Gasteiger partial charge is 0.389 e.